The first-order valence-electron chi connectivity index (χ1n) is 5.11. The van der Waals surface area contributed by atoms with Crippen LogP contribution in [0.5, 0.6) is 0 Å². The maximum atomic E-state index is 8.39. The Balaban J connectivity index is 2.07. The smallest absolute Gasteiger partial charge is 0.0828 e. The van der Waals surface area contributed by atoms with E-state index in [2.05, 4.69) is 10.0 Å². The molecule has 1 saturated heterocycles. The number of nitrogens with zero attached hydrogens (tertiary/aromatic N) is 3. The van der Waals surface area contributed by atoms with Gasteiger partial charge in [-0.3, -0.25) is 0 Å². The van der Waals surface area contributed by atoms with Crippen molar-refractivity contribution in [1.29, 1.82) is 0 Å². The molecule has 1 heterocycles. The van der Waals surface area contributed by atoms with Gasteiger partial charge in [0.25, 0.3) is 0 Å². The highest BCUT2D eigenvalue weighted by Gasteiger charge is 2.22. The van der Waals surface area contributed by atoms with Crippen LogP contribution < -0.4 is 0 Å². The highest BCUT2D eigenvalue weighted by atomic mass is 16.5. The summed E-state index contributed by atoms with van der Waals surface area (Å²) in [4.78, 5) is 2.86. The summed E-state index contributed by atoms with van der Waals surface area (Å²) in [5, 5.41) is 3.76. The van der Waals surface area contributed by atoms with Crippen molar-refractivity contribution >= 4 is 0 Å². The summed E-state index contributed by atoms with van der Waals surface area (Å²) >= 11 is 0. The van der Waals surface area contributed by atoms with Crippen LogP contribution in [0.1, 0.15) is 24.5 Å². The fourth-order valence-corrected chi connectivity index (χ4v) is 1.86. The Morgan fingerprint density at radius 3 is 2.87 bits per heavy atom. The van der Waals surface area contributed by atoms with E-state index in [0.717, 1.165) is 18.4 Å². The normalized spacial score (nSPS) is 25.6. The second-order valence-electron chi connectivity index (χ2n) is 3.65. The van der Waals surface area contributed by atoms with Gasteiger partial charge in [-0.25, -0.2) is 0 Å². The molecule has 0 spiro atoms. The monoisotopic (exact) mass is 203 g/mol. The number of hydrogen-bond donors (Lipinski definition) is 0. The van der Waals surface area contributed by atoms with E-state index < -0.39 is 0 Å². The van der Waals surface area contributed by atoms with Crippen LogP contribution >= 0.6 is 0 Å². The van der Waals surface area contributed by atoms with E-state index in [9.17, 15) is 0 Å². The molecule has 0 aromatic heterocycles. The number of azide groups is 1. The molecule has 0 radical (unpaired) electrons. The average molecular weight is 203 g/mol. The molecule has 4 heteroatoms. The highest BCUT2D eigenvalue weighted by molar-refractivity contribution is 5.18. The molecule has 0 saturated carbocycles. The van der Waals surface area contributed by atoms with Crippen LogP contribution in [0.2, 0.25) is 0 Å². The van der Waals surface area contributed by atoms with Crippen molar-refractivity contribution in [3.05, 3.63) is 46.3 Å². The third kappa shape index (κ3) is 2.49. The molecule has 1 aromatic rings. The summed E-state index contributed by atoms with van der Waals surface area (Å²) in [6, 6.07) is 10.1. The van der Waals surface area contributed by atoms with Gasteiger partial charge < -0.3 is 4.74 Å². The highest BCUT2D eigenvalue weighted by Crippen LogP contribution is 2.29. The van der Waals surface area contributed by atoms with Gasteiger partial charge in [0.1, 0.15) is 0 Å². The Hall–Kier alpha value is -1.51. The Bertz CT molecular complexity index is 359. The molecule has 1 aromatic carbocycles. The van der Waals surface area contributed by atoms with Gasteiger partial charge in [-0.05, 0) is 23.9 Å². The minimum absolute atomic E-state index is 0.0777. The van der Waals surface area contributed by atoms with Gasteiger partial charge in [0.05, 0.1) is 6.10 Å². The quantitative estimate of drug-likeness (QED) is 0.413. The lowest BCUT2D eigenvalue weighted by atomic mass is 9.98. The first-order valence-corrected chi connectivity index (χ1v) is 5.11. The number of benzene rings is 1. The van der Waals surface area contributed by atoms with Crippen molar-refractivity contribution in [2.24, 2.45) is 5.11 Å². The summed E-state index contributed by atoms with van der Waals surface area (Å²) in [6.07, 6.45) is 1.69. The minimum atomic E-state index is 0.0777. The molecule has 1 aliphatic heterocycles. The van der Waals surface area contributed by atoms with E-state index in [0.29, 0.717) is 6.61 Å². The molecule has 4 nitrogen and oxygen atoms in total. The van der Waals surface area contributed by atoms with Crippen LogP contribution in [0, 0.1) is 0 Å². The molecule has 15 heavy (non-hydrogen) atoms. The minimum Gasteiger partial charge on any atom is -0.374 e. The SMILES string of the molecule is [N-]=[N+]=NC1CCO[C@H](c2ccccc2)C1. The first kappa shape index (κ1) is 10.0. The number of rotatable bonds is 2. The van der Waals surface area contributed by atoms with E-state index in [1.807, 2.05) is 30.3 Å². The van der Waals surface area contributed by atoms with Crippen molar-refractivity contribution < 1.29 is 4.74 Å². The molecule has 2 rings (SSSR count). The molecule has 0 aliphatic carbocycles. The number of hydrogen-bond acceptors (Lipinski definition) is 2. The van der Waals surface area contributed by atoms with Gasteiger partial charge >= 0.3 is 0 Å². The molecule has 0 bridgehead atoms. The first-order chi connectivity index (χ1) is 7.40. The Labute approximate surface area is 88.5 Å². The fourth-order valence-electron chi connectivity index (χ4n) is 1.86. The van der Waals surface area contributed by atoms with Crippen LogP contribution in [0.25, 0.3) is 10.4 Å². The van der Waals surface area contributed by atoms with Crippen molar-refractivity contribution in [1.82, 2.24) is 0 Å². The van der Waals surface area contributed by atoms with Gasteiger partial charge in [0.2, 0.25) is 0 Å². The fraction of sp³-hybridized carbons (Fsp3) is 0.455. The molecule has 1 unspecified atom stereocenters. The average Bonchev–Trinajstić information content (AvgIpc) is 2.31. The van der Waals surface area contributed by atoms with E-state index in [1.54, 1.807) is 0 Å². The van der Waals surface area contributed by atoms with Gasteiger partial charge in [-0.1, -0.05) is 35.4 Å². The molecule has 78 valence electrons. The zero-order valence-electron chi connectivity index (χ0n) is 8.41. The van der Waals surface area contributed by atoms with Gasteiger partial charge in [0, 0.05) is 17.6 Å². The Morgan fingerprint density at radius 1 is 1.33 bits per heavy atom. The van der Waals surface area contributed by atoms with Crippen LogP contribution in [0.4, 0.5) is 0 Å². The van der Waals surface area contributed by atoms with E-state index in [4.69, 9.17) is 10.3 Å². The third-order valence-corrected chi connectivity index (χ3v) is 2.64. The van der Waals surface area contributed by atoms with Crippen LogP contribution in [0.3, 0.4) is 0 Å². The van der Waals surface area contributed by atoms with Crippen molar-refractivity contribution in [2.45, 2.75) is 25.0 Å². The summed E-state index contributed by atoms with van der Waals surface area (Å²) in [5.41, 5.74) is 9.56. The topological polar surface area (TPSA) is 58.0 Å². The van der Waals surface area contributed by atoms with Crippen LogP contribution in [-0.2, 0) is 4.74 Å². The van der Waals surface area contributed by atoms with Crippen LogP contribution in [-0.4, -0.2) is 12.6 Å². The molecular formula is C11H13N3O. The molecule has 0 N–H and O–H groups in total. The summed E-state index contributed by atoms with van der Waals surface area (Å²) in [5.74, 6) is 0. The van der Waals surface area contributed by atoms with E-state index >= 15 is 0 Å². The molecule has 2 atom stereocenters. The predicted molar refractivity (Wildman–Crippen MR) is 57.3 cm³/mol. The molecule has 1 fully saturated rings. The van der Waals surface area contributed by atoms with Gasteiger partial charge in [0.15, 0.2) is 0 Å². The lowest BCUT2D eigenvalue weighted by molar-refractivity contribution is 0.00675. The Kier molecular flexibility index (Phi) is 3.22. The largest absolute Gasteiger partial charge is 0.374 e. The van der Waals surface area contributed by atoms with Gasteiger partial charge in [-0.2, -0.15) is 0 Å². The number of ether oxygens (including phenoxy) is 1. The van der Waals surface area contributed by atoms with Gasteiger partial charge in [-0.15, -0.1) is 0 Å². The summed E-state index contributed by atoms with van der Waals surface area (Å²) < 4.78 is 5.66. The standard InChI is InChI=1S/C11H13N3O/c12-14-13-10-6-7-15-11(8-10)9-4-2-1-3-5-9/h1-5,10-11H,6-8H2/t10?,11-/m0/s1. The zero-order chi connectivity index (χ0) is 10.5. The molecular weight excluding hydrogens is 190 g/mol. The zero-order valence-corrected chi connectivity index (χ0v) is 8.41. The maximum Gasteiger partial charge on any atom is 0.0828 e. The van der Waals surface area contributed by atoms with Crippen LogP contribution in [0.15, 0.2) is 35.4 Å². The molecule has 0 amide bonds. The second kappa shape index (κ2) is 4.82. The summed E-state index contributed by atoms with van der Waals surface area (Å²) in [6.45, 7) is 0.670. The molecule has 1 aliphatic rings. The van der Waals surface area contributed by atoms with Crippen molar-refractivity contribution in [2.75, 3.05) is 6.61 Å². The van der Waals surface area contributed by atoms with E-state index in [-0.39, 0.29) is 12.1 Å². The maximum absolute atomic E-state index is 8.39. The van der Waals surface area contributed by atoms with Crippen molar-refractivity contribution in [3.8, 4) is 0 Å². The van der Waals surface area contributed by atoms with Crippen molar-refractivity contribution in [3.63, 3.8) is 0 Å². The van der Waals surface area contributed by atoms with E-state index in [1.165, 1.54) is 0 Å². The second-order valence-corrected chi connectivity index (χ2v) is 3.65. The predicted octanol–water partition coefficient (Wildman–Crippen LogP) is 3.22. The Morgan fingerprint density at radius 2 is 2.13 bits per heavy atom. The lowest BCUT2D eigenvalue weighted by Gasteiger charge is -2.27. The third-order valence-electron chi connectivity index (χ3n) is 2.64. The lowest BCUT2D eigenvalue weighted by Crippen LogP contribution is -2.21. The summed E-state index contributed by atoms with van der Waals surface area (Å²) in [7, 11) is 0.